The molecule has 0 aromatic heterocycles. The largest absolute Gasteiger partial charge is 0.506 e. The summed E-state index contributed by atoms with van der Waals surface area (Å²) >= 11 is 3.20. The summed E-state index contributed by atoms with van der Waals surface area (Å²) in [4.78, 5) is 37.6. The van der Waals surface area contributed by atoms with Crippen LogP contribution in [0.25, 0.3) is 0 Å². The molecule has 4 rings (SSSR count). The van der Waals surface area contributed by atoms with E-state index < -0.39 is 17.5 Å². The summed E-state index contributed by atoms with van der Waals surface area (Å²) < 4.78 is 0.210. The average molecular weight is 438 g/mol. The van der Waals surface area contributed by atoms with Gasteiger partial charge in [0.05, 0.1) is 32.5 Å². The normalized spacial score (nSPS) is 12.3. The lowest BCUT2D eigenvalue weighted by Crippen LogP contribution is -2.22. The number of ketones is 2. The fraction of sp³-hybridized carbons (Fsp3) is 0. The molecule has 0 aliphatic heterocycles. The van der Waals surface area contributed by atoms with Gasteiger partial charge >= 0.3 is 5.97 Å². The number of hydrogen-bond donors (Lipinski definition) is 3. The number of rotatable bonds is 3. The number of carbonyl (C=O) groups excluding carboxylic acids is 2. The van der Waals surface area contributed by atoms with Gasteiger partial charge in [-0.05, 0) is 34.1 Å². The van der Waals surface area contributed by atoms with Gasteiger partial charge in [-0.1, -0.05) is 36.4 Å². The first-order chi connectivity index (χ1) is 13.4. The van der Waals surface area contributed by atoms with E-state index in [4.69, 9.17) is 0 Å². The predicted octanol–water partition coefficient (Wildman–Crippen LogP) is 4.37. The quantitative estimate of drug-likeness (QED) is 0.411. The van der Waals surface area contributed by atoms with Gasteiger partial charge in [0.1, 0.15) is 5.75 Å². The lowest BCUT2D eigenvalue weighted by atomic mass is 9.82. The molecule has 0 saturated carbocycles. The number of carboxylic acids is 1. The number of benzene rings is 3. The number of halogens is 1. The molecule has 0 saturated heterocycles. The van der Waals surface area contributed by atoms with Crippen molar-refractivity contribution in [2.24, 2.45) is 0 Å². The first kappa shape index (κ1) is 17.9. The molecule has 0 radical (unpaired) electrons. The number of phenolic OH excluding ortho intramolecular Hbond substituents is 1. The maximum Gasteiger partial charge on any atom is 0.337 e. The van der Waals surface area contributed by atoms with Crippen molar-refractivity contribution in [1.29, 1.82) is 0 Å². The minimum atomic E-state index is -1.14. The van der Waals surface area contributed by atoms with Gasteiger partial charge in [0.15, 0.2) is 11.6 Å². The molecule has 0 amide bonds. The van der Waals surface area contributed by atoms with Gasteiger partial charge in [0.2, 0.25) is 0 Å². The Labute approximate surface area is 167 Å². The summed E-state index contributed by atoms with van der Waals surface area (Å²) in [6.45, 7) is 0. The van der Waals surface area contributed by atoms with Crippen LogP contribution in [0.3, 0.4) is 0 Å². The minimum Gasteiger partial charge on any atom is -0.506 e. The van der Waals surface area contributed by atoms with E-state index in [1.54, 1.807) is 36.4 Å². The molecule has 28 heavy (non-hydrogen) atoms. The van der Waals surface area contributed by atoms with E-state index >= 15 is 0 Å². The Morgan fingerprint density at radius 3 is 2.07 bits per heavy atom. The number of aromatic carboxylic acids is 1. The number of carboxylic acid groups (broad SMARTS) is 1. The molecule has 3 N–H and O–H groups in total. The third kappa shape index (κ3) is 2.68. The lowest BCUT2D eigenvalue weighted by molar-refractivity contribution is 0.0697. The Hall–Kier alpha value is -3.45. The number of para-hydroxylation sites is 1. The van der Waals surface area contributed by atoms with Crippen LogP contribution in [-0.2, 0) is 0 Å². The second-order valence-corrected chi connectivity index (χ2v) is 7.04. The SMILES string of the molecule is O=C(O)c1ccccc1Nc1cc(Br)c(O)c2c1C(=O)c1ccccc1C2=O. The summed E-state index contributed by atoms with van der Waals surface area (Å²) in [6.07, 6.45) is 0. The van der Waals surface area contributed by atoms with Crippen molar-refractivity contribution in [3.05, 3.63) is 86.9 Å². The van der Waals surface area contributed by atoms with Crippen molar-refractivity contribution in [3.63, 3.8) is 0 Å². The zero-order chi connectivity index (χ0) is 20.0. The number of carbonyl (C=O) groups is 3. The highest BCUT2D eigenvalue weighted by molar-refractivity contribution is 9.10. The van der Waals surface area contributed by atoms with Crippen LogP contribution in [0, 0.1) is 0 Å². The maximum atomic E-state index is 13.1. The number of nitrogens with one attached hydrogen (secondary N) is 1. The van der Waals surface area contributed by atoms with Crippen LogP contribution in [0.4, 0.5) is 11.4 Å². The zero-order valence-corrected chi connectivity index (χ0v) is 15.8. The van der Waals surface area contributed by atoms with Crippen molar-refractivity contribution < 1.29 is 24.6 Å². The van der Waals surface area contributed by atoms with Gasteiger partial charge in [0, 0.05) is 11.1 Å². The Kier molecular flexibility index (Phi) is 4.24. The van der Waals surface area contributed by atoms with Gasteiger partial charge in [-0.15, -0.1) is 0 Å². The number of fused-ring (bicyclic) bond motifs is 2. The van der Waals surface area contributed by atoms with E-state index in [-0.39, 0.29) is 49.4 Å². The van der Waals surface area contributed by atoms with Crippen molar-refractivity contribution in [3.8, 4) is 5.75 Å². The van der Waals surface area contributed by atoms with Crippen LogP contribution in [0.15, 0.2) is 59.1 Å². The third-order valence-corrected chi connectivity index (χ3v) is 5.16. The summed E-state index contributed by atoms with van der Waals surface area (Å²) in [5, 5.41) is 22.8. The molecular formula is C21H12BrNO5. The molecule has 0 fully saturated rings. The maximum absolute atomic E-state index is 13.1. The van der Waals surface area contributed by atoms with Gasteiger partial charge in [-0.25, -0.2) is 4.79 Å². The molecule has 1 aliphatic rings. The number of aromatic hydroxyl groups is 1. The van der Waals surface area contributed by atoms with Crippen molar-refractivity contribution >= 4 is 44.8 Å². The fourth-order valence-corrected chi connectivity index (χ4v) is 3.69. The van der Waals surface area contributed by atoms with E-state index in [9.17, 15) is 24.6 Å². The molecule has 3 aromatic rings. The summed E-state index contributed by atoms with van der Waals surface area (Å²) in [6, 6.07) is 14.0. The highest BCUT2D eigenvalue weighted by Gasteiger charge is 2.35. The molecular weight excluding hydrogens is 426 g/mol. The van der Waals surface area contributed by atoms with Crippen molar-refractivity contribution in [2.75, 3.05) is 5.32 Å². The summed E-state index contributed by atoms with van der Waals surface area (Å²) in [5.41, 5.74) is 0.824. The van der Waals surface area contributed by atoms with E-state index in [1.165, 1.54) is 18.2 Å². The van der Waals surface area contributed by atoms with Crippen LogP contribution in [0.1, 0.15) is 42.2 Å². The first-order valence-corrected chi connectivity index (χ1v) is 9.02. The van der Waals surface area contributed by atoms with Crippen LogP contribution in [0.5, 0.6) is 5.75 Å². The molecule has 0 atom stereocenters. The molecule has 138 valence electrons. The molecule has 0 unspecified atom stereocenters. The smallest absolute Gasteiger partial charge is 0.337 e. The van der Waals surface area contributed by atoms with Gasteiger partial charge < -0.3 is 15.5 Å². The predicted molar refractivity (Wildman–Crippen MR) is 106 cm³/mol. The van der Waals surface area contributed by atoms with Crippen molar-refractivity contribution in [2.45, 2.75) is 0 Å². The second kappa shape index (κ2) is 6.61. The van der Waals surface area contributed by atoms with E-state index in [2.05, 4.69) is 21.2 Å². The van der Waals surface area contributed by atoms with E-state index in [1.807, 2.05) is 0 Å². The summed E-state index contributed by atoms with van der Waals surface area (Å²) in [5.74, 6) is -2.37. The minimum absolute atomic E-state index is 0.00425. The van der Waals surface area contributed by atoms with Crippen LogP contribution in [0.2, 0.25) is 0 Å². The number of anilines is 2. The Morgan fingerprint density at radius 1 is 0.857 bits per heavy atom. The molecule has 7 heteroatoms. The molecule has 0 heterocycles. The molecule has 6 nitrogen and oxygen atoms in total. The van der Waals surface area contributed by atoms with Gasteiger partial charge in [-0.2, -0.15) is 0 Å². The van der Waals surface area contributed by atoms with Crippen LogP contribution >= 0.6 is 15.9 Å². The molecule has 3 aromatic carbocycles. The first-order valence-electron chi connectivity index (χ1n) is 8.23. The van der Waals surface area contributed by atoms with Gasteiger partial charge in [0.25, 0.3) is 0 Å². The van der Waals surface area contributed by atoms with E-state index in [0.717, 1.165) is 0 Å². The number of hydrogen-bond acceptors (Lipinski definition) is 5. The van der Waals surface area contributed by atoms with E-state index in [0.29, 0.717) is 0 Å². The molecule has 0 spiro atoms. The van der Waals surface area contributed by atoms with Crippen LogP contribution in [-0.4, -0.2) is 27.7 Å². The molecule has 1 aliphatic carbocycles. The highest BCUT2D eigenvalue weighted by atomic mass is 79.9. The lowest BCUT2D eigenvalue weighted by Gasteiger charge is -2.23. The standard InChI is InChI=1S/C21H12BrNO5/c22-13-9-15(23-14-8-4-3-7-12(14)21(27)28)16-17(20(13)26)19(25)11-6-2-1-5-10(11)18(16)24/h1-9,23,26H,(H,27,28). The highest BCUT2D eigenvalue weighted by Crippen LogP contribution is 2.42. The Bertz CT molecular complexity index is 1190. The Morgan fingerprint density at radius 2 is 1.43 bits per heavy atom. The monoisotopic (exact) mass is 437 g/mol. The van der Waals surface area contributed by atoms with Crippen molar-refractivity contribution in [1.82, 2.24) is 0 Å². The van der Waals surface area contributed by atoms with Crippen LogP contribution < -0.4 is 5.32 Å². The topological polar surface area (TPSA) is 104 Å². The van der Waals surface area contributed by atoms with Gasteiger partial charge in [-0.3, -0.25) is 9.59 Å². The zero-order valence-electron chi connectivity index (χ0n) is 14.2. The fourth-order valence-electron chi connectivity index (χ4n) is 3.27. The average Bonchev–Trinajstić information content (AvgIpc) is 2.69. The Balaban J connectivity index is 1.95. The third-order valence-electron chi connectivity index (χ3n) is 4.55. The second-order valence-electron chi connectivity index (χ2n) is 6.18. The number of phenols is 1. The molecule has 0 bridgehead atoms. The summed E-state index contributed by atoms with van der Waals surface area (Å²) in [7, 11) is 0.